The number of aromatic nitrogens is 4. The summed E-state index contributed by atoms with van der Waals surface area (Å²) in [6.07, 6.45) is 4.47. The van der Waals surface area contributed by atoms with Gasteiger partial charge in [0, 0.05) is 19.0 Å². The first-order valence-corrected chi connectivity index (χ1v) is 10.6. The molecule has 0 atom stereocenters. The van der Waals surface area contributed by atoms with E-state index in [2.05, 4.69) is 40.9 Å². The van der Waals surface area contributed by atoms with Gasteiger partial charge in [0.25, 0.3) is 0 Å². The highest BCUT2D eigenvalue weighted by Gasteiger charge is 2.23. The number of H-pyrrole nitrogens is 1. The molecular weight excluding hydrogens is 392 g/mol. The molecule has 4 rings (SSSR count). The molecule has 0 amide bonds. The zero-order valence-corrected chi connectivity index (χ0v) is 16.6. The Labute approximate surface area is 168 Å². The summed E-state index contributed by atoms with van der Waals surface area (Å²) >= 11 is 0. The molecule has 11 heteroatoms. The molecule has 3 heterocycles. The first kappa shape index (κ1) is 19.1. The maximum atomic E-state index is 12.3. The second kappa shape index (κ2) is 7.65. The van der Waals surface area contributed by atoms with Crippen molar-refractivity contribution in [3.63, 3.8) is 0 Å². The van der Waals surface area contributed by atoms with Crippen molar-refractivity contribution in [2.75, 3.05) is 30.4 Å². The molecule has 0 radical (unpaired) electrons. The number of hydrogen-bond acceptors (Lipinski definition) is 8. The second-order valence-electron chi connectivity index (χ2n) is 6.73. The molecule has 150 valence electrons. The number of benzene rings is 1. The topological polar surface area (TPSA) is 140 Å². The van der Waals surface area contributed by atoms with Crippen LogP contribution >= 0.6 is 0 Å². The maximum absolute atomic E-state index is 12.3. The monoisotopic (exact) mass is 412 g/mol. The lowest BCUT2D eigenvalue weighted by Gasteiger charge is -2.32. The van der Waals surface area contributed by atoms with Gasteiger partial charge in [-0.05, 0) is 38.1 Å². The normalized spacial score (nSPS) is 15.4. The summed E-state index contributed by atoms with van der Waals surface area (Å²) in [6.45, 7) is 1.44. The summed E-state index contributed by atoms with van der Waals surface area (Å²) in [6, 6.07) is 7.28. The number of nitriles is 1. The molecule has 0 saturated carbocycles. The molecule has 1 aromatic rings. The highest BCUT2D eigenvalue weighted by molar-refractivity contribution is 7.89. The van der Waals surface area contributed by atoms with E-state index in [0.29, 0.717) is 23.0 Å². The first-order valence-electron chi connectivity index (χ1n) is 9.15. The number of rotatable bonds is 5. The van der Waals surface area contributed by atoms with E-state index in [1.165, 1.54) is 19.7 Å². The zero-order valence-electron chi connectivity index (χ0n) is 15.8. The summed E-state index contributed by atoms with van der Waals surface area (Å²) in [7, 11) is -2.23. The van der Waals surface area contributed by atoms with Gasteiger partial charge in [0.2, 0.25) is 10.0 Å². The Kier molecular flexibility index (Phi) is 5.04. The van der Waals surface area contributed by atoms with Crippen molar-refractivity contribution in [3.05, 3.63) is 30.9 Å². The standard InChI is InChI=1S/C18H20N8O2S/c1-20-29(27,28)13-2-3-15(26-6-4-12(9-19)5-7-26)14(8-13)25-18-16-17(22-10-21-16)23-11-24-18/h2-3,8,10-12,20H,4-7H2,1H3,(H2,21,22,23,24,25). The number of hydrogen-bond donors (Lipinski definition) is 3. The molecule has 3 aliphatic heterocycles. The highest BCUT2D eigenvalue weighted by Crippen LogP contribution is 2.35. The van der Waals surface area contributed by atoms with Crippen molar-refractivity contribution in [2.24, 2.45) is 5.92 Å². The van der Waals surface area contributed by atoms with E-state index in [1.807, 2.05) is 0 Å². The van der Waals surface area contributed by atoms with Gasteiger partial charge in [-0.15, -0.1) is 0 Å². The largest absolute Gasteiger partial charge is 0.370 e. The minimum Gasteiger partial charge on any atom is -0.370 e. The number of aromatic amines is 1. The number of anilines is 3. The Morgan fingerprint density at radius 1 is 1.24 bits per heavy atom. The molecule has 0 aliphatic carbocycles. The summed E-state index contributed by atoms with van der Waals surface area (Å²) in [5, 5.41) is 12.4. The quantitative estimate of drug-likeness (QED) is 0.575. The van der Waals surface area contributed by atoms with Gasteiger partial charge in [0.15, 0.2) is 11.5 Å². The third-order valence-corrected chi connectivity index (χ3v) is 6.45. The molecule has 1 saturated heterocycles. The molecular formula is C18H20N8O2S. The number of nitrogens with zero attached hydrogens (tertiary/aromatic N) is 5. The predicted molar refractivity (Wildman–Crippen MR) is 107 cm³/mol. The van der Waals surface area contributed by atoms with Gasteiger partial charge in [-0.1, -0.05) is 0 Å². The minimum atomic E-state index is -3.61. The average Bonchev–Trinajstić information content (AvgIpc) is 3.24. The fourth-order valence-corrected chi connectivity index (χ4v) is 4.17. The lowest BCUT2D eigenvalue weighted by molar-refractivity contribution is 0.488. The average molecular weight is 412 g/mol. The Morgan fingerprint density at radius 3 is 2.76 bits per heavy atom. The van der Waals surface area contributed by atoms with E-state index in [0.717, 1.165) is 31.6 Å². The zero-order chi connectivity index (χ0) is 20.4. The predicted octanol–water partition coefficient (Wildman–Crippen LogP) is 1.70. The van der Waals surface area contributed by atoms with Crippen molar-refractivity contribution in [3.8, 4) is 17.6 Å². The van der Waals surface area contributed by atoms with Crippen LogP contribution in [0.1, 0.15) is 12.8 Å². The van der Waals surface area contributed by atoms with Gasteiger partial charge in [-0.3, -0.25) is 0 Å². The van der Waals surface area contributed by atoms with Gasteiger partial charge < -0.3 is 15.2 Å². The van der Waals surface area contributed by atoms with Crippen LogP contribution in [0.2, 0.25) is 0 Å². The molecule has 1 aromatic carbocycles. The number of fused-ring (bicyclic) bond motifs is 1. The fourth-order valence-electron chi connectivity index (χ4n) is 3.41. The van der Waals surface area contributed by atoms with Crippen molar-refractivity contribution in [1.29, 1.82) is 5.26 Å². The number of nitrogens with one attached hydrogen (secondary N) is 3. The molecule has 3 N–H and O–H groups in total. The fraction of sp³-hybridized carbons (Fsp3) is 0.333. The molecule has 0 unspecified atom stereocenters. The molecule has 0 spiro atoms. The van der Waals surface area contributed by atoms with Crippen molar-refractivity contribution >= 4 is 27.2 Å². The van der Waals surface area contributed by atoms with E-state index >= 15 is 0 Å². The van der Waals surface area contributed by atoms with E-state index in [9.17, 15) is 8.42 Å². The van der Waals surface area contributed by atoms with Crippen molar-refractivity contribution < 1.29 is 8.42 Å². The maximum Gasteiger partial charge on any atom is 0.240 e. The van der Waals surface area contributed by atoms with Gasteiger partial charge in [-0.2, -0.15) is 5.26 Å². The smallest absolute Gasteiger partial charge is 0.240 e. The summed E-state index contributed by atoms with van der Waals surface area (Å²) < 4.78 is 27.0. The molecule has 29 heavy (non-hydrogen) atoms. The van der Waals surface area contributed by atoms with Crippen LogP contribution in [0.5, 0.6) is 0 Å². The molecule has 0 bridgehead atoms. The minimum absolute atomic E-state index is 0.0550. The van der Waals surface area contributed by atoms with Crippen LogP contribution < -0.4 is 14.9 Å². The van der Waals surface area contributed by atoms with Crippen LogP contribution in [0.3, 0.4) is 0 Å². The number of sulfonamides is 1. The molecule has 0 aromatic heterocycles. The molecule has 1 fully saturated rings. The van der Waals surface area contributed by atoms with E-state index in [1.54, 1.807) is 18.2 Å². The SMILES string of the molecule is CNS(=O)(=O)c1ccc(N2CCC(C#N)CC2)c(Nc2[nH]cnc3ncnc2-3)c1. The van der Waals surface area contributed by atoms with Crippen molar-refractivity contribution in [1.82, 2.24) is 24.7 Å². The Morgan fingerprint density at radius 2 is 2.03 bits per heavy atom. The molecule has 10 nitrogen and oxygen atoms in total. The van der Waals surface area contributed by atoms with Gasteiger partial charge in [0.05, 0.1) is 28.7 Å². The summed E-state index contributed by atoms with van der Waals surface area (Å²) in [4.78, 5) is 17.8. The third-order valence-electron chi connectivity index (χ3n) is 5.04. The van der Waals surface area contributed by atoms with Crippen LogP contribution in [0, 0.1) is 17.2 Å². The van der Waals surface area contributed by atoms with Crippen LogP contribution in [-0.2, 0) is 10.0 Å². The Hall–Kier alpha value is -3.23. The summed E-state index contributed by atoms with van der Waals surface area (Å²) in [5.74, 6) is 1.11. The van der Waals surface area contributed by atoms with Crippen LogP contribution in [0.15, 0.2) is 35.7 Å². The van der Waals surface area contributed by atoms with E-state index in [4.69, 9.17) is 5.26 Å². The van der Waals surface area contributed by atoms with E-state index < -0.39 is 10.0 Å². The van der Waals surface area contributed by atoms with E-state index in [-0.39, 0.29) is 10.8 Å². The van der Waals surface area contributed by atoms with Crippen LogP contribution in [-0.4, -0.2) is 48.5 Å². The van der Waals surface area contributed by atoms with Crippen LogP contribution in [0.4, 0.5) is 17.2 Å². The van der Waals surface area contributed by atoms with Gasteiger partial charge >= 0.3 is 0 Å². The highest BCUT2D eigenvalue weighted by atomic mass is 32.2. The number of imidazole rings is 1. The van der Waals surface area contributed by atoms with Crippen molar-refractivity contribution in [2.45, 2.75) is 17.7 Å². The Balaban J connectivity index is 1.74. The lowest BCUT2D eigenvalue weighted by atomic mass is 9.98. The summed E-state index contributed by atoms with van der Waals surface area (Å²) in [5.41, 5.74) is 2.03. The lowest BCUT2D eigenvalue weighted by Crippen LogP contribution is -2.33. The second-order valence-corrected chi connectivity index (χ2v) is 8.61. The van der Waals surface area contributed by atoms with Gasteiger partial charge in [-0.25, -0.2) is 28.1 Å². The Bertz CT molecular complexity index is 1130. The first-order chi connectivity index (χ1) is 14.0. The van der Waals surface area contributed by atoms with Crippen LogP contribution in [0.25, 0.3) is 11.5 Å². The third kappa shape index (κ3) is 3.72. The molecule has 3 aliphatic rings. The number of piperidine rings is 1. The van der Waals surface area contributed by atoms with Gasteiger partial charge in [0.1, 0.15) is 12.1 Å².